The average Bonchev–Trinajstić information content (AvgIpc) is 2.51. The molecule has 0 aliphatic carbocycles. The molecule has 0 radical (unpaired) electrons. The Hall–Kier alpha value is -1.75. The number of carbonyl (C=O) groups excluding carboxylic acids is 1. The molecular formula is C17H26N2O3. The summed E-state index contributed by atoms with van der Waals surface area (Å²) in [6, 6.07) is 5.80. The summed E-state index contributed by atoms with van der Waals surface area (Å²) in [6.07, 6.45) is 2.10. The van der Waals surface area contributed by atoms with E-state index in [1.54, 1.807) is 18.2 Å². The van der Waals surface area contributed by atoms with E-state index in [2.05, 4.69) is 17.6 Å². The van der Waals surface area contributed by atoms with Gasteiger partial charge in [0.1, 0.15) is 0 Å². The summed E-state index contributed by atoms with van der Waals surface area (Å²) in [5.41, 5.74) is 0.602. The van der Waals surface area contributed by atoms with Gasteiger partial charge in [-0.05, 0) is 58.4 Å². The monoisotopic (exact) mass is 306 g/mol. The Balaban J connectivity index is 2.09. The van der Waals surface area contributed by atoms with Gasteiger partial charge < -0.3 is 20.1 Å². The first-order valence-corrected chi connectivity index (χ1v) is 8.09. The van der Waals surface area contributed by atoms with Crippen LogP contribution in [0.15, 0.2) is 18.2 Å². The Labute approximate surface area is 132 Å². The Bertz CT molecular complexity index is 505. The normalized spacial score (nSPS) is 21.2. The van der Waals surface area contributed by atoms with Crippen molar-refractivity contribution in [3.05, 3.63) is 23.8 Å². The summed E-state index contributed by atoms with van der Waals surface area (Å²) in [5, 5.41) is 6.49. The Morgan fingerprint density at radius 3 is 2.68 bits per heavy atom. The van der Waals surface area contributed by atoms with Crippen LogP contribution in [-0.2, 0) is 0 Å². The molecule has 1 amide bonds. The lowest BCUT2D eigenvalue weighted by Gasteiger charge is -2.30. The highest BCUT2D eigenvalue weighted by atomic mass is 16.5. The molecular weight excluding hydrogens is 280 g/mol. The summed E-state index contributed by atoms with van der Waals surface area (Å²) in [6.45, 7) is 8.07. The van der Waals surface area contributed by atoms with Gasteiger partial charge in [0.2, 0.25) is 0 Å². The van der Waals surface area contributed by atoms with Crippen LogP contribution in [0.5, 0.6) is 11.5 Å². The number of benzene rings is 1. The molecule has 122 valence electrons. The van der Waals surface area contributed by atoms with Gasteiger partial charge >= 0.3 is 0 Å². The zero-order valence-corrected chi connectivity index (χ0v) is 13.6. The van der Waals surface area contributed by atoms with Gasteiger partial charge in [0.05, 0.1) is 13.2 Å². The molecule has 1 fully saturated rings. The van der Waals surface area contributed by atoms with E-state index in [0.717, 1.165) is 19.4 Å². The molecule has 5 nitrogen and oxygen atoms in total. The highest BCUT2D eigenvalue weighted by Crippen LogP contribution is 2.28. The summed E-state index contributed by atoms with van der Waals surface area (Å²) >= 11 is 0. The van der Waals surface area contributed by atoms with E-state index in [1.165, 1.54) is 0 Å². The van der Waals surface area contributed by atoms with Crippen LogP contribution in [0.3, 0.4) is 0 Å². The topological polar surface area (TPSA) is 59.6 Å². The minimum absolute atomic E-state index is 0.0652. The Kier molecular flexibility index (Phi) is 6.07. The molecule has 2 atom stereocenters. The predicted octanol–water partition coefficient (Wildman–Crippen LogP) is 2.35. The number of amides is 1. The van der Waals surface area contributed by atoms with Crippen LogP contribution >= 0.6 is 0 Å². The zero-order valence-electron chi connectivity index (χ0n) is 13.6. The van der Waals surface area contributed by atoms with E-state index in [0.29, 0.717) is 36.3 Å². The maximum atomic E-state index is 12.4. The lowest BCUT2D eigenvalue weighted by atomic mass is 9.99. The molecule has 0 unspecified atom stereocenters. The quantitative estimate of drug-likeness (QED) is 0.847. The fraction of sp³-hybridized carbons (Fsp3) is 0.588. The van der Waals surface area contributed by atoms with Crippen molar-refractivity contribution in [2.75, 3.05) is 19.8 Å². The van der Waals surface area contributed by atoms with E-state index in [1.807, 2.05) is 13.8 Å². The molecule has 1 saturated heterocycles. The lowest BCUT2D eigenvalue weighted by molar-refractivity contribution is 0.0919. The summed E-state index contributed by atoms with van der Waals surface area (Å²) in [5.74, 6) is 1.23. The van der Waals surface area contributed by atoms with E-state index < -0.39 is 0 Å². The number of ether oxygens (including phenoxy) is 2. The number of piperidine rings is 1. The molecule has 2 rings (SSSR count). The molecule has 1 aromatic carbocycles. The Morgan fingerprint density at radius 1 is 1.27 bits per heavy atom. The second-order valence-electron chi connectivity index (χ2n) is 5.49. The van der Waals surface area contributed by atoms with Crippen LogP contribution < -0.4 is 20.1 Å². The van der Waals surface area contributed by atoms with Crippen molar-refractivity contribution in [3.63, 3.8) is 0 Å². The molecule has 1 aliphatic heterocycles. The van der Waals surface area contributed by atoms with Gasteiger partial charge in [0, 0.05) is 17.6 Å². The second-order valence-corrected chi connectivity index (χ2v) is 5.49. The molecule has 1 aliphatic rings. The molecule has 0 saturated carbocycles. The molecule has 0 aromatic heterocycles. The number of nitrogens with one attached hydrogen (secondary N) is 2. The highest BCUT2D eigenvalue weighted by Gasteiger charge is 2.23. The third kappa shape index (κ3) is 4.13. The number of carbonyl (C=O) groups is 1. The second kappa shape index (κ2) is 8.03. The fourth-order valence-electron chi connectivity index (χ4n) is 2.69. The van der Waals surface area contributed by atoms with Gasteiger partial charge in [-0.25, -0.2) is 0 Å². The Morgan fingerprint density at radius 2 is 2.00 bits per heavy atom. The van der Waals surface area contributed by atoms with Crippen molar-refractivity contribution in [1.29, 1.82) is 0 Å². The van der Waals surface area contributed by atoms with Crippen molar-refractivity contribution in [3.8, 4) is 11.5 Å². The van der Waals surface area contributed by atoms with Gasteiger partial charge in [-0.1, -0.05) is 0 Å². The van der Waals surface area contributed by atoms with E-state index in [-0.39, 0.29) is 11.9 Å². The van der Waals surface area contributed by atoms with Crippen molar-refractivity contribution >= 4 is 5.91 Å². The van der Waals surface area contributed by atoms with Crippen LogP contribution in [-0.4, -0.2) is 37.7 Å². The third-order valence-electron chi connectivity index (χ3n) is 3.88. The third-order valence-corrected chi connectivity index (χ3v) is 3.88. The van der Waals surface area contributed by atoms with Gasteiger partial charge in [0.25, 0.3) is 5.91 Å². The van der Waals surface area contributed by atoms with Gasteiger partial charge in [0.15, 0.2) is 11.5 Å². The molecule has 0 spiro atoms. The highest BCUT2D eigenvalue weighted by molar-refractivity contribution is 5.95. The van der Waals surface area contributed by atoms with Crippen LogP contribution in [0.25, 0.3) is 0 Å². The molecule has 1 heterocycles. The van der Waals surface area contributed by atoms with Gasteiger partial charge in [-0.3, -0.25) is 4.79 Å². The molecule has 22 heavy (non-hydrogen) atoms. The minimum Gasteiger partial charge on any atom is -0.490 e. The standard InChI is InChI=1S/C17H26N2O3/c1-4-21-15-9-8-13(11-16(15)22-5-2)17(20)19-14-7-6-10-18-12(14)3/h8-9,11-12,14,18H,4-7,10H2,1-3H3,(H,19,20)/t12-,14-/m0/s1. The largest absolute Gasteiger partial charge is 0.490 e. The van der Waals surface area contributed by atoms with Crippen molar-refractivity contribution in [1.82, 2.24) is 10.6 Å². The summed E-state index contributed by atoms with van der Waals surface area (Å²) in [7, 11) is 0. The van der Waals surface area contributed by atoms with Crippen LogP contribution in [0.4, 0.5) is 0 Å². The van der Waals surface area contributed by atoms with Gasteiger partial charge in [-0.15, -0.1) is 0 Å². The molecule has 0 bridgehead atoms. The first kappa shape index (κ1) is 16.6. The zero-order chi connectivity index (χ0) is 15.9. The average molecular weight is 306 g/mol. The van der Waals surface area contributed by atoms with Crippen molar-refractivity contribution < 1.29 is 14.3 Å². The van der Waals surface area contributed by atoms with E-state index in [4.69, 9.17) is 9.47 Å². The SMILES string of the molecule is CCOc1ccc(C(=O)N[C@H]2CCCN[C@H]2C)cc1OCC. The first-order valence-electron chi connectivity index (χ1n) is 8.09. The van der Waals surface area contributed by atoms with E-state index in [9.17, 15) is 4.79 Å². The lowest BCUT2D eigenvalue weighted by Crippen LogP contribution is -2.51. The maximum absolute atomic E-state index is 12.4. The first-order chi connectivity index (χ1) is 10.7. The predicted molar refractivity (Wildman–Crippen MR) is 86.7 cm³/mol. The van der Waals surface area contributed by atoms with Crippen molar-refractivity contribution in [2.45, 2.75) is 45.7 Å². The van der Waals surface area contributed by atoms with Gasteiger partial charge in [-0.2, -0.15) is 0 Å². The van der Waals surface area contributed by atoms with Crippen molar-refractivity contribution in [2.24, 2.45) is 0 Å². The fourth-order valence-corrected chi connectivity index (χ4v) is 2.69. The summed E-state index contributed by atoms with van der Waals surface area (Å²) < 4.78 is 11.1. The van der Waals surface area contributed by atoms with E-state index >= 15 is 0 Å². The van der Waals surface area contributed by atoms with Crippen LogP contribution in [0, 0.1) is 0 Å². The number of rotatable bonds is 6. The number of hydrogen-bond donors (Lipinski definition) is 2. The molecule has 2 N–H and O–H groups in total. The smallest absolute Gasteiger partial charge is 0.251 e. The summed E-state index contributed by atoms with van der Waals surface area (Å²) in [4.78, 5) is 12.4. The van der Waals surface area contributed by atoms with Crippen LogP contribution in [0.2, 0.25) is 0 Å². The van der Waals surface area contributed by atoms with Crippen LogP contribution in [0.1, 0.15) is 44.0 Å². The molecule has 1 aromatic rings. The molecule has 5 heteroatoms. The number of hydrogen-bond acceptors (Lipinski definition) is 4. The maximum Gasteiger partial charge on any atom is 0.251 e. The minimum atomic E-state index is -0.0652.